The number of anilines is 2. The molecule has 2 aromatic rings. The van der Waals surface area contributed by atoms with Crippen LogP contribution in [0.25, 0.3) is 0 Å². The van der Waals surface area contributed by atoms with Gasteiger partial charge in [-0.3, -0.25) is 14.4 Å². The third kappa shape index (κ3) is 4.91. The molecule has 0 spiro atoms. The Labute approximate surface area is 175 Å². The molecule has 1 saturated heterocycles. The minimum Gasteiger partial charge on any atom is -0.455 e. The van der Waals surface area contributed by atoms with E-state index in [0.717, 1.165) is 10.0 Å². The lowest BCUT2D eigenvalue weighted by Crippen LogP contribution is -2.28. The van der Waals surface area contributed by atoms with Crippen LogP contribution in [0.4, 0.5) is 11.4 Å². The zero-order valence-electron chi connectivity index (χ0n) is 15.1. The van der Waals surface area contributed by atoms with E-state index >= 15 is 0 Å². The zero-order valence-corrected chi connectivity index (χ0v) is 17.4. The van der Waals surface area contributed by atoms with Crippen molar-refractivity contribution >= 4 is 56.7 Å². The quantitative estimate of drug-likeness (QED) is 0.679. The van der Waals surface area contributed by atoms with Gasteiger partial charge in [0.2, 0.25) is 5.91 Å². The van der Waals surface area contributed by atoms with Crippen LogP contribution in [0.3, 0.4) is 0 Å². The number of carbonyl (C=O) groups is 3. The van der Waals surface area contributed by atoms with Gasteiger partial charge in [0, 0.05) is 33.8 Å². The molecule has 1 fully saturated rings. The predicted molar refractivity (Wildman–Crippen MR) is 110 cm³/mol. The smallest absolute Gasteiger partial charge is 0.311 e. The van der Waals surface area contributed by atoms with Crippen molar-refractivity contribution in [2.75, 3.05) is 23.4 Å². The monoisotopic (exact) mass is 464 g/mol. The molecule has 3 rings (SSSR count). The van der Waals surface area contributed by atoms with Crippen LogP contribution >= 0.6 is 27.5 Å². The summed E-state index contributed by atoms with van der Waals surface area (Å²) < 4.78 is 6.04. The molecule has 1 heterocycles. The summed E-state index contributed by atoms with van der Waals surface area (Å²) in [6.45, 7) is 1.70. The average molecular weight is 466 g/mol. The number of ether oxygens (including phenoxy) is 1. The predicted octanol–water partition coefficient (Wildman–Crippen LogP) is 3.95. The van der Waals surface area contributed by atoms with E-state index in [0.29, 0.717) is 16.4 Å². The topological polar surface area (TPSA) is 75.7 Å². The molecule has 1 aliphatic rings. The third-order valence-electron chi connectivity index (χ3n) is 4.37. The van der Waals surface area contributed by atoms with E-state index in [1.165, 1.54) is 4.90 Å². The number of nitrogens with one attached hydrogen (secondary N) is 1. The normalized spacial score (nSPS) is 16.2. The summed E-state index contributed by atoms with van der Waals surface area (Å²) in [6.07, 6.45) is 0.0405. The van der Waals surface area contributed by atoms with Crippen LogP contribution in [0, 0.1) is 12.8 Å². The van der Waals surface area contributed by atoms with Gasteiger partial charge in [-0.05, 0) is 48.9 Å². The van der Waals surface area contributed by atoms with Crippen LogP contribution in [0.5, 0.6) is 0 Å². The molecule has 2 amide bonds. The van der Waals surface area contributed by atoms with Gasteiger partial charge in [-0.1, -0.05) is 33.6 Å². The standard InChI is InChI=1S/C20H18BrClN2O4/c1-12-7-15(5-6-17(12)21)23-18(25)11-28-20(27)13-8-19(26)24(10-13)16-4-2-3-14(22)9-16/h2-7,9,13H,8,10-11H2,1H3,(H,23,25)/t13-/m0/s1. The first kappa shape index (κ1) is 20.4. The van der Waals surface area contributed by atoms with Gasteiger partial charge in [-0.15, -0.1) is 0 Å². The van der Waals surface area contributed by atoms with Gasteiger partial charge in [0.05, 0.1) is 5.92 Å². The Balaban J connectivity index is 1.53. The van der Waals surface area contributed by atoms with Gasteiger partial charge >= 0.3 is 5.97 Å². The Morgan fingerprint density at radius 3 is 2.79 bits per heavy atom. The van der Waals surface area contributed by atoms with Gasteiger partial charge in [-0.2, -0.15) is 0 Å². The van der Waals surface area contributed by atoms with Crippen molar-refractivity contribution in [3.05, 3.63) is 57.5 Å². The van der Waals surface area contributed by atoms with Crippen LogP contribution in [-0.2, 0) is 19.1 Å². The van der Waals surface area contributed by atoms with Gasteiger partial charge in [0.25, 0.3) is 5.91 Å². The maximum Gasteiger partial charge on any atom is 0.311 e. The average Bonchev–Trinajstić information content (AvgIpc) is 3.05. The van der Waals surface area contributed by atoms with Gasteiger partial charge < -0.3 is 15.0 Å². The number of esters is 1. The molecule has 0 aromatic heterocycles. The number of amides is 2. The van der Waals surface area contributed by atoms with Crippen LogP contribution in [0.1, 0.15) is 12.0 Å². The Kier molecular flexibility index (Phi) is 6.36. The third-order valence-corrected chi connectivity index (χ3v) is 5.49. The Hall–Kier alpha value is -2.38. The van der Waals surface area contributed by atoms with Crippen molar-refractivity contribution in [3.63, 3.8) is 0 Å². The van der Waals surface area contributed by atoms with E-state index in [1.807, 2.05) is 19.1 Å². The number of aryl methyl sites for hydroxylation is 1. The van der Waals surface area contributed by atoms with E-state index in [2.05, 4.69) is 21.2 Å². The maximum absolute atomic E-state index is 12.3. The minimum atomic E-state index is -0.616. The molecule has 146 valence electrons. The fourth-order valence-electron chi connectivity index (χ4n) is 2.93. The highest BCUT2D eigenvalue weighted by Crippen LogP contribution is 2.27. The van der Waals surface area contributed by atoms with Crippen molar-refractivity contribution in [3.8, 4) is 0 Å². The number of hydrogen-bond donors (Lipinski definition) is 1. The molecule has 8 heteroatoms. The lowest BCUT2D eigenvalue weighted by atomic mass is 10.1. The number of benzene rings is 2. The molecule has 1 atom stereocenters. The highest BCUT2D eigenvalue weighted by Gasteiger charge is 2.36. The molecule has 0 aliphatic carbocycles. The number of carbonyl (C=O) groups excluding carboxylic acids is 3. The molecule has 28 heavy (non-hydrogen) atoms. The molecular formula is C20H18BrClN2O4. The van der Waals surface area contributed by atoms with E-state index in [-0.39, 0.29) is 18.9 Å². The fourth-order valence-corrected chi connectivity index (χ4v) is 3.36. The molecule has 0 bridgehead atoms. The van der Waals surface area contributed by atoms with Crippen LogP contribution in [-0.4, -0.2) is 30.9 Å². The molecule has 0 unspecified atom stereocenters. The lowest BCUT2D eigenvalue weighted by molar-refractivity contribution is -0.151. The summed E-state index contributed by atoms with van der Waals surface area (Å²) in [6, 6.07) is 12.3. The molecule has 2 aromatic carbocycles. The Bertz CT molecular complexity index is 934. The molecule has 1 N–H and O–H groups in total. The summed E-state index contributed by atoms with van der Waals surface area (Å²) in [5.74, 6) is -1.81. The fraction of sp³-hybridized carbons (Fsp3) is 0.250. The zero-order chi connectivity index (χ0) is 20.3. The summed E-state index contributed by atoms with van der Waals surface area (Å²) in [5.41, 5.74) is 2.22. The Morgan fingerprint density at radius 2 is 2.07 bits per heavy atom. The van der Waals surface area contributed by atoms with Gasteiger partial charge in [0.1, 0.15) is 0 Å². The minimum absolute atomic E-state index is 0.0405. The molecule has 1 aliphatic heterocycles. The SMILES string of the molecule is Cc1cc(NC(=O)COC(=O)[C@H]2CC(=O)N(c3cccc(Cl)c3)C2)ccc1Br. The summed E-state index contributed by atoms with van der Waals surface area (Å²) in [4.78, 5) is 38.0. The summed E-state index contributed by atoms with van der Waals surface area (Å²) in [5, 5.41) is 3.19. The second kappa shape index (κ2) is 8.75. The van der Waals surface area contributed by atoms with Crippen molar-refractivity contribution < 1.29 is 19.1 Å². The number of nitrogens with zero attached hydrogens (tertiary/aromatic N) is 1. The molecule has 6 nitrogen and oxygen atoms in total. The molecular weight excluding hydrogens is 448 g/mol. The van der Waals surface area contributed by atoms with Crippen LogP contribution in [0.15, 0.2) is 46.9 Å². The first-order chi connectivity index (χ1) is 13.3. The second-order valence-electron chi connectivity index (χ2n) is 6.51. The van der Waals surface area contributed by atoms with E-state index in [9.17, 15) is 14.4 Å². The highest BCUT2D eigenvalue weighted by atomic mass is 79.9. The molecule has 0 radical (unpaired) electrons. The lowest BCUT2D eigenvalue weighted by Gasteiger charge is -2.16. The van der Waals surface area contributed by atoms with E-state index in [4.69, 9.17) is 16.3 Å². The largest absolute Gasteiger partial charge is 0.455 e. The van der Waals surface area contributed by atoms with Crippen molar-refractivity contribution in [2.45, 2.75) is 13.3 Å². The number of halogens is 2. The first-order valence-electron chi connectivity index (χ1n) is 8.62. The number of rotatable bonds is 5. The van der Waals surface area contributed by atoms with Crippen LogP contribution < -0.4 is 10.2 Å². The number of hydrogen-bond acceptors (Lipinski definition) is 4. The first-order valence-corrected chi connectivity index (χ1v) is 9.79. The second-order valence-corrected chi connectivity index (χ2v) is 7.80. The van der Waals surface area contributed by atoms with E-state index in [1.54, 1.807) is 30.3 Å². The van der Waals surface area contributed by atoms with Crippen molar-refractivity contribution in [1.29, 1.82) is 0 Å². The van der Waals surface area contributed by atoms with Crippen molar-refractivity contribution in [1.82, 2.24) is 0 Å². The highest BCUT2D eigenvalue weighted by molar-refractivity contribution is 9.10. The molecule has 0 saturated carbocycles. The van der Waals surface area contributed by atoms with E-state index < -0.39 is 24.4 Å². The summed E-state index contributed by atoms with van der Waals surface area (Å²) in [7, 11) is 0. The van der Waals surface area contributed by atoms with Gasteiger partial charge in [0.15, 0.2) is 6.61 Å². The summed E-state index contributed by atoms with van der Waals surface area (Å²) >= 11 is 9.36. The van der Waals surface area contributed by atoms with Gasteiger partial charge in [-0.25, -0.2) is 0 Å². The van der Waals surface area contributed by atoms with Crippen LogP contribution in [0.2, 0.25) is 5.02 Å². The maximum atomic E-state index is 12.3. The van der Waals surface area contributed by atoms with Crippen molar-refractivity contribution in [2.24, 2.45) is 5.92 Å². The Morgan fingerprint density at radius 1 is 1.29 bits per heavy atom.